The highest BCUT2D eigenvalue weighted by molar-refractivity contribution is 4.97. The highest BCUT2D eigenvalue weighted by Gasteiger charge is 2.46. The lowest BCUT2D eigenvalue weighted by Crippen LogP contribution is -2.38. The van der Waals surface area contributed by atoms with E-state index in [-0.39, 0.29) is 0 Å². The van der Waals surface area contributed by atoms with Gasteiger partial charge in [0.15, 0.2) is 0 Å². The molecule has 0 spiro atoms. The highest BCUT2D eigenvalue weighted by Crippen LogP contribution is 2.57. The summed E-state index contributed by atoms with van der Waals surface area (Å²) in [6.45, 7) is 72.0. The Morgan fingerprint density at radius 1 is 0.321 bits per heavy atom. The zero-order valence-corrected chi connectivity index (χ0v) is 60.4. The molecule has 9 saturated carbocycles. The van der Waals surface area contributed by atoms with E-state index in [1.54, 1.807) is 0 Å². The van der Waals surface area contributed by atoms with E-state index in [0.717, 1.165) is 64.6 Å². The zero-order valence-electron chi connectivity index (χ0n) is 60.4. The Bertz CT molecular complexity index is 1560. The van der Waals surface area contributed by atoms with Crippen LogP contribution < -0.4 is 0 Å². The van der Waals surface area contributed by atoms with Gasteiger partial charge in [-0.3, -0.25) is 0 Å². The minimum absolute atomic E-state index is 0.547. The minimum Gasteiger partial charge on any atom is -0.0625 e. The number of hydrogen-bond acceptors (Lipinski definition) is 0. The topological polar surface area (TPSA) is 0 Å². The van der Waals surface area contributed by atoms with Gasteiger partial charge in [-0.2, -0.15) is 0 Å². The van der Waals surface area contributed by atoms with Gasteiger partial charge in [0.25, 0.3) is 0 Å². The van der Waals surface area contributed by atoms with Crippen molar-refractivity contribution in [1.82, 2.24) is 0 Å². The van der Waals surface area contributed by atoms with Gasteiger partial charge in [0.1, 0.15) is 0 Å². The van der Waals surface area contributed by atoms with Crippen LogP contribution in [0.5, 0.6) is 0 Å². The summed E-state index contributed by atoms with van der Waals surface area (Å²) >= 11 is 0. The average molecular weight is 1090 g/mol. The zero-order chi connectivity index (χ0) is 60.4. The van der Waals surface area contributed by atoms with Gasteiger partial charge in [-0.15, -0.1) is 0 Å². The molecule has 0 radical (unpaired) electrons. The standard InChI is InChI=1S/C12H24.2C11H22.C9H16.3C9H18.C8H16/c1-10(2)7-11(3,4)9-12(5,6)8-10;1-9-6-10(2,3)8-11(4,5)7-9;1-9-10(2,3)7-6-8-11(9,4)5;1-7-5-8-3-4-9(7,2)6-8;1-8-4-6-9(2,3)7-5-8;1-8-6-4-5-7-9(8,2)3;1-7-5-4-6-8(2)9(7)3;1-8(2,3)7-5-4-6-7/h7-9H2,1-6H3;2*9H,6-8H2,1-5H3;7-8H,3-6H2,1-2H3;2*8H,4-7H2,1-3H3;7-9H,4-6H2,1-3H3;7H,4-6H2,1-3H3/t;;;7-,8?,9?;;8-;;/m...0.1../s1. The summed E-state index contributed by atoms with van der Waals surface area (Å²) in [5, 5.41) is 0. The molecule has 2 bridgehead atoms. The highest BCUT2D eigenvalue weighted by atomic mass is 14.5. The molecule has 9 aliphatic carbocycles. The molecule has 78 heavy (non-hydrogen) atoms. The molecule has 0 N–H and O–H groups in total. The Labute approximate surface area is 497 Å². The Morgan fingerprint density at radius 2 is 0.731 bits per heavy atom. The molecule has 0 aromatic carbocycles. The van der Waals surface area contributed by atoms with Crippen LogP contribution in [0.25, 0.3) is 0 Å². The van der Waals surface area contributed by atoms with E-state index in [9.17, 15) is 0 Å². The van der Waals surface area contributed by atoms with Crippen molar-refractivity contribution in [1.29, 1.82) is 0 Å². The number of hydrogen-bond donors (Lipinski definition) is 0. The van der Waals surface area contributed by atoms with Crippen LogP contribution in [0.4, 0.5) is 0 Å². The van der Waals surface area contributed by atoms with Crippen molar-refractivity contribution >= 4 is 0 Å². The van der Waals surface area contributed by atoms with Crippen LogP contribution in [-0.4, -0.2) is 0 Å². The lowest BCUT2D eigenvalue weighted by atomic mass is 9.56. The summed E-state index contributed by atoms with van der Waals surface area (Å²) in [6, 6.07) is 0. The van der Waals surface area contributed by atoms with Crippen molar-refractivity contribution in [2.24, 2.45) is 119 Å². The molecule has 0 heteroatoms. The third-order valence-corrected chi connectivity index (χ3v) is 24.5. The van der Waals surface area contributed by atoms with Gasteiger partial charge < -0.3 is 0 Å². The lowest BCUT2D eigenvalue weighted by Gasteiger charge is -2.49. The second kappa shape index (κ2) is 29.4. The molecule has 0 amide bonds. The van der Waals surface area contributed by atoms with Crippen LogP contribution in [0.3, 0.4) is 0 Å². The van der Waals surface area contributed by atoms with Crippen LogP contribution in [0.1, 0.15) is 381 Å². The minimum atomic E-state index is 0.547. The first-order valence-corrected chi connectivity index (χ1v) is 35.0. The monoisotopic (exact) mass is 1090 g/mol. The van der Waals surface area contributed by atoms with Gasteiger partial charge in [-0.05, 0) is 228 Å². The average Bonchev–Trinajstić information content (AvgIpc) is 3.73. The van der Waals surface area contributed by atoms with E-state index in [2.05, 4.69) is 208 Å². The van der Waals surface area contributed by atoms with Gasteiger partial charge in [0.2, 0.25) is 0 Å². The normalized spacial score (nSPS) is 34.7. The van der Waals surface area contributed by atoms with E-state index in [4.69, 9.17) is 0 Å². The fraction of sp³-hybridized carbons (Fsp3) is 1.00. The van der Waals surface area contributed by atoms with Crippen molar-refractivity contribution in [2.45, 2.75) is 381 Å². The van der Waals surface area contributed by atoms with Crippen molar-refractivity contribution in [3.8, 4) is 0 Å². The van der Waals surface area contributed by atoms with Gasteiger partial charge in [0, 0.05) is 0 Å². The van der Waals surface area contributed by atoms with Gasteiger partial charge in [-0.25, -0.2) is 0 Å². The Balaban J connectivity index is 0.000000306. The van der Waals surface area contributed by atoms with Crippen LogP contribution in [0.15, 0.2) is 0 Å². The third kappa shape index (κ3) is 26.5. The molecule has 0 heterocycles. The van der Waals surface area contributed by atoms with Crippen molar-refractivity contribution in [2.75, 3.05) is 0 Å². The maximum Gasteiger partial charge on any atom is -0.0297 e. The molecule has 0 nitrogen and oxygen atoms in total. The summed E-state index contributed by atoms with van der Waals surface area (Å²) in [7, 11) is 0. The molecule has 4 unspecified atom stereocenters. The molecule has 0 aliphatic heterocycles. The first kappa shape index (κ1) is 74.1. The predicted octanol–water partition coefficient (Wildman–Crippen LogP) is 27.2. The SMILES string of the molecule is CC(C)(C)C1CCC1.CC1(C)CC(C)(C)CC(C)(C)C1.CC1C(C)(C)CCCC1(C)C.CC1CC(C)(C)CC(C)(C)C1.CC1CCC(C)(C)CC1.CC1CCCC(C)C1C.C[C@@H]1CCCCC1(C)C.C[C@H]1CC2CCC1(C)C2. The van der Waals surface area contributed by atoms with Gasteiger partial charge in [0.05, 0.1) is 0 Å². The molecule has 0 saturated heterocycles. The van der Waals surface area contributed by atoms with E-state index < -0.39 is 0 Å². The second-order valence-electron chi connectivity index (χ2n) is 39.2. The molecule has 0 aromatic rings. The molecular formula is C78H154. The van der Waals surface area contributed by atoms with Crippen LogP contribution >= 0.6 is 0 Å². The molecule has 9 fully saturated rings. The Hall–Kier alpha value is 0. The van der Waals surface area contributed by atoms with Crippen LogP contribution in [0, 0.1) is 119 Å². The predicted molar refractivity (Wildman–Crippen MR) is 357 cm³/mol. The summed E-state index contributed by atoms with van der Waals surface area (Å²) in [5.41, 5.74) is 6.61. The third-order valence-electron chi connectivity index (χ3n) is 24.5. The van der Waals surface area contributed by atoms with E-state index in [1.165, 1.54) is 173 Å². The van der Waals surface area contributed by atoms with Crippen molar-refractivity contribution in [3.63, 3.8) is 0 Å². The van der Waals surface area contributed by atoms with Gasteiger partial charge in [-0.1, -0.05) is 272 Å². The molecule has 0 aromatic heterocycles. The van der Waals surface area contributed by atoms with Crippen LogP contribution in [0.2, 0.25) is 0 Å². The summed E-state index contributed by atoms with van der Waals surface area (Å²) in [5.74, 6) is 9.84. The molecule has 9 rings (SSSR count). The van der Waals surface area contributed by atoms with E-state index in [0.29, 0.717) is 54.1 Å². The quantitative estimate of drug-likeness (QED) is 0.227. The maximum absolute atomic E-state index is 2.48. The van der Waals surface area contributed by atoms with Crippen molar-refractivity contribution in [3.05, 3.63) is 0 Å². The summed E-state index contributed by atoms with van der Waals surface area (Å²) in [6.07, 6.45) is 39.1. The van der Waals surface area contributed by atoms with Crippen molar-refractivity contribution < 1.29 is 0 Å². The van der Waals surface area contributed by atoms with E-state index >= 15 is 0 Å². The van der Waals surface area contributed by atoms with E-state index in [1.807, 2.05) is 0 Å². The Kier molecular flexibility index (Phi) is 27.9. The first-order chi connectivity index (χ1) is 35.0. The fourth-order valence-corrected chi connectivity index (χ4v) is 19.1. The second-order valence-corrected chi connectivity index (χ2v) is 39.2. The van der Waals surface area contributed by atoms with Crippen LogP contribution in [-0.2, 0) is 0 Å². The molecule has 9 aliphatic rings. The Morgan fingerprint density at radius 3 is 0.974 bits per heavy atom. The summed E-state index contributed by atoms with van der Waals surface area (Å²) in [4.78, 5) is 0. The molecular weight excluding hydrogens is 937 g/mol. The molecule has 466 valence electrons. The lowest BCUT2D eigenvalue weighted by molar-refractivity contribution is 0.0202. The molecule has 6 atom stereocenters. The summed E-state index contributed by atoms with van der Waals surface area (Å²) < 4.78 is 0. The smallest absolute Gasteiger partial charge is 0.0297 e. The largest absolute Gasteiger partial charge is 0.0625 e. The maximum atomic E-state index is 2.48. The fourth-order valence-electron chi connectivity index (χ4n) is 19.1. The number of fused-ring (bicyclic) bond motifs is 2. The van der Waals surface area contributed by atoms with Gasteiger partial charge >= 0.3 is 0 Å². The number of rotatable bonds is 0. The first-order valence-electron chi connectivity index (χ1n) is 35.0.